The second-order valence-corrected chi connectivity index (χ2v) is 4.82. The van der Waals surface area contributed by atoms with E-state index < -0.39 is 24.1 Å². The van der Waals surface area contributed by atoms with E-state index >= 15 is 0 Å². The molecule has 0 saturated heterocycles. The topological polar surface area (TPSA) is 90.9 Å². The van der Waals surface area contributed by atoms with E-state index in [9.17, 15) is 14.4 Å². The van der Waals surface area contributed by atoms with Gasteiger partial charge in [0, 0.05) is 12.2 Å². The molecule has 0 radical (unpaired) electrons. The van der Waals surface area contributed by atoms with Crippen molar-refractivity contribution in [2.75, 3.05) is 13.2 Å². The van der Waals surface area contributed by atoms with Crippen LogP contribution in [-0.2, 0) is 30.4 Å². The van der Waals surface area contributed by atoms with Crippen LogP contribution in [0.2, 0.25) is 0 Å². The molecule has 7 heteroatoms. The largest absolute Gasteiger partial charge is 0.463 e. The summed E-state index contributed by atoms with van der Waals surface area (Å²) in [6.07, 6.45) is 1.35. The molecule has 0 saturated carbocycles. The van der Waals surface area contributed by atoms with E-state index in [1.165, 1.54) is 0 Å². The van der Waals surface area contributed by atoms with E-state index in [1.54, 1.807) is 13.8 Å². The first-order chi connectivity index (χ1) is 11.5. The van der Waals surface area contributed by atoms with Gasteiger partial charge in [0.15, 0.2) is 0 Å². The minimum Gasteiger partial charge on any atom is -0.463 e. The van der Waals surface area contributed by atoms with Crippen molar-refractivity contribution in [1.29, 1.82) is 0 Å². The highest BCUT2D eigenvalue weighted by atomic mass is 16.6. The van der Waals surface area contributed by atoms with Gasteiger partial charge >= 0.3 is 18.0 Å². The second-order valence-electron chi connectivity index (χ2n) is 4.82. The summed E-state index contributed by atoms with van der Waals surface area (Å²) in [5, 5.41) is 2.54. The van der Waals surface area contributed by atoms with Crippen molar-refractivity contribution in [3.8, 4) is 0 Å². The third-order valence-electron chi connectivity index (χ3n) is 2.69. The number of benzene rings is 1. The highest BCUT2D eigenvalue weighted by molar-refractivity contribution is 5.91. The van der Waals surface area contributed by atoms with Gasteiger partial charge < -0.3 is 19.5 Å². The Labute approximate surface area is 140 Å². The molecule has 0 bridgehead atoms. The van der Waals surface area contributed by atoms with E-state index in [0.717, 1.165) is 17.7 Å². The lowest BCUT2D eigenvalue weighted by Crippen LogP contribution is -2.36. The summed E-state index contributed by atoms with van der Waals surface area (Å²) in [5.74, 6) is -1.32. The molecule has 24 heavy (non-hydrogen) atoms. The van der Waals surface area contributed by atoms with Gasteiger partial charge in [-0.2, -0.15) is 0 Å². The number of ether oxygens (including phenoxy) is 3. The molecule has 1 aromatic rings. The Morgan fingerprint density at radius 1 is 1.04 bits per heavy atom. The van der Waals surface area contributed by atoms with E-state index in [4.69, 9.17) is 9.47 Å². The average Bonchev–Trinajstić information content (AvgIpc) is 2.57. The Morgan fingerprint density at radius 3 is 2.29 bits per heavy atom. The van der Waals surface area contributed by atoms with Gasteiger partial charge in [-0.25, -0.2) is 14.4 Å². The number of carbonyl (C=O) groups is 3. The predicted molar refractivity (Wildman–Crippen MR) is 86.0 cm³/mol. The maximum atomic E-state index is 11.6. The van der Waals surface area contributed by atoms with E-state index in [2.05, 4.69) is 10.1 Å². The van der Waals surface area contributed by atoms with Crippen molar-refractivity contribution in [3.63, 3.8) is 0 Å². The number of amides is 1. The maximum absolute atomic E-state index is 11.6. The van der Waals surface area contributed by atoms with Gasteiger partial charge in [-0.05, 0) is 19.4 Å². The quantitative estimate of drug-likeness (QED) is 0.444. The van der Waals surface area contributed by atoms with Crippen LogP contribution < -0.4 is 5.32 Å². The fraction of sp³-hybridized carbons (Fsp3) is 0.353. The Hall–Kier alpha value is -2.83. The highest BCUT2D eigenvalue weighted by Crippen LogP contribution is 2.00. The molecular weight excluding hydrogens is 314 g/mol. The smallest absolute Gasteiger partial charge is 0.407 e. The highest BCUT2D eigenvalue weighted by Gasteiger charge is 2.10. The molecular formula is C17H21NO6. The minimum atomic E-state index is -0.700. The summed E-state index contributed by atoms with van der Waals surface area (Å²) < 4.78 is 14.6. The van der Waals surface area contributed by atoms with E-state index in [1.807, 2.05) is 30.3 Å². The van der Waals surface area contributed by atoms with E-state index in [0.29, 0.717) is 0 Å². The van der Waals surface area contributed by atoms with Crippen LogP contribution in [0, 0.1) is 0 Å². The molecule has 1 amide bonds. The second kappa shape index (κ2) is 10.8. The Bertz CT molecular complexity index is 570. The number of alkyl carbamates (subject to hydrolysis) is 1. The van der Waals surface area contributed by atoms with Gasteiger partial charge in [0.05, 0.1) is 12.6 Å². The van der Waals surface area contributed by atoms with Crippen LogP contribution in [0.25, 0.3) is 0 Å². The fourth-order valence-corrected chi connectivity index (χ4v) is 1.59. The summed E-state index contributed by atoms with van der Waals surface area (Å²) in [7, 11) is 0. The van der Waals surface area contributed by atoms with Gasteiger partial charge in [-0.3, -0.25) is 0 Å². The number of rotatable bonds is 8. The van der Waals surface area contributed by atoms with E-state index in [-0.39, 0.29) is 19.8 Å². The summed E-state index contributed by atoms with van der Waals surface area (Å²) in [5.41, 5.74) is 0.871. The molecule has 0 fully saturated rings. The number of esters is 2. The molecule has 0 aliphatic heterocycles. The first kappa shape index (κ1) is 19.2. The number of carbonyl (C=O) groups excluding carboxylic acids is 3. The molecule has 1 atom stereocenters. The van der Waals surface area contributed by atoms with Crippen molar-refractivity contribution >= 4 is 18.0 Å². The summed E-state index contributed by atoms with van der Waals surface area (Å²) in [6.45, 7) is 3.65. The standard InChI is InChI=1S/C17H21NO6/c1-3-22-15(19)9-10-16(20)23-11-13(2)18-17(21)24-12-14-7-5-4-6-8-14/h4-10,13H,3,11-12H2,1-2H3,(H,18,21)/b10-9+/t13-/m0/s1. The van der Waals surface area contributed by atoms with Crippen molar-refractivity contribution in [1.82, 2.24) is 5.32 Å². The third kappa shape index (κ3) is 8.57. The molecule has 0 aliphatic carbocycles. The SMILES string of the molecule is CCOC(=O)/C=C/C(=O)OC[C@H](C)NC(=O)OCc1ccccc1. The molecule has 0 aliphatic rings. The lowest BCUT2D eigenvalue weighted by Gasteiger charge is -2.13. The Morgan fingerprint density at radius 2 is 1.67 bits per heavy atom. The minimum absolute atomic E-state index is 0.0492. The van der Waals surface area contributed by atoms with Crippen LogP contribution >= 0.6 is 0 Å². The van der Waals surface area contributed by atoms with Gasteiger partial charge in [-0.1, -0.05) is 30.3 Å². The zero-order valence-corrected chi connectivity index (χ0v) is 13.7. The van der Waals surface area contributed by atoms with Crippen molar-refractivity contribution in [2.24, 2.45) is 0 Å². The molecule has 130 valence electrons. The zero-order valence-electron chi connectivity index (χ0n) is 13.7. The molecule has 1 N–H and O–H groups in total. The summed E-state index contributed by atoms with van der Waals surface area (Å²) in [6, 6.07) is 8.82. The van der Waals surface area contributed by atoms with Crippen LogP contribution in [-0.4, -0.2) is 37.3 Å². The number of nitrogens with one attached hydrogen (secondary N) is 1. The lowest BCUT2D eigenvalue weighted by atomic mass is 10.2. The molecule has 1 aromatic carbocycles. The first-order valence-corrected chi connectivity index (χ1v) is 7.50. The molecule has 0 aromatic heterocycles. The van der Waals surface area contributed by atoms with Gasteiger partial charge in [0.2, 0.25) is 0 Å². The van der Waals surface area contributed by atoms with Crippen molar-refractivity contribution in [2.45, 2.75) is 26.5 Å². The summed E-state index contributed by atoms with van der Waals surface area (Å²) >= 11 is 0. The summed E-state index contributed by atoms with van der Waals surface area (Å²) in [4.78, 5) is 34.0. The molecule has 0 spiro atoms. The van der Waals surface area contributed by atoms with Crippen LogP contribution in [0.5, 0.6) is 0 Å². The maximum Gasteiger partial charge on any atom is 0.407 e. The van der Waals surface area contributed by atoms with Crippen LogP contribution in [0.15, 0.2) is 42.5 Å². The molecule has 0 heterocycles. The van der Waals surface area contributed by atoms with Crippen LogP contribution in [0.4, 0.5) is 4.79 Å². The van der Waals surface area contributed by atoms with Gasteiger partial charge in [0.1, 0.15) is 13.2 Å². The average molecular weight is 335 g/mol. The van der Waals surface area contributed by atoms with Gasteiger partial charge in [-0.15, -0.1) is 0 Å². The number of hydrogen-bond donors (Lipinski definition) is 1. The van der Waals surface area contributed by atoms with Crippen molar-refractivity contribution in [3.05, 3.63) is 48.0 Å². The first-order valence-electron chi connectivity index (χ1n) is 7.50. The zero-order chi connectivity index (χ0) is 17.8. The normalized spacial score (nSPS) is 11.6. The molecule has 1 rings (SSSR count). The van der Waals surface area contributed by atoms with Gasteiger partial charge in [0.25, 0.3) is 0 Å². The molecule has 7 nitrogen and oxygen atoms in total. The van der Waals surface area contributed by atoms with Crippen LogP contribution in [0.1, 0.15) is 19.4 Å². The molecule has 0 unspecified atom stereocenters. The lowest BCUT2D eigenvalue weighted by molar-refractivity contribution is -0.140. The fourth-order valence-electron chi connectivity index (χ4n) is 1.59. The predicted octanol–water partition coefficient (Wildman–Crippen LogP) is 1.96. The van der Waals surface area contributed by atoms with Crippen LogP contribution in [0.3, 0.4) is 0 Å². The Balaban J connectivity index is 2.22. The van der Waals surface area contributed by atoms with Crippen molar-refractivity contribution < 1.29 is 28.6 Å². The number of hydrogen-bond acceptors (Lipinski definition) is 6. The third-order valence-corrected chi connectivity index (χ3v) is 2.69. The monoisotopic (exact) mass is 335 g/mol. The Kier molecular flexibility index (Phi) is 8.67.